The highest BCUT2D eigenvalue weighted by molar-refractivity contribution is 6.30. The molecule has 0 saturated heterocycles. The monoisotopic (exact) mass is 414 g/mol. The summed E-state index contributed by atoms with van der Waals surface area (Å²) in [6.07, 6.45) is 1.75. The summed E-state index contributed by atoms with van der Waals surface area (Å²) >= 11 is 5.81. The molecule has 0 bridgehead atoms. The highest BCUT2D eigenvalue weighted by atomic mass is 35.5. The maximum Gasteiger partial charge on any atom is 0.201 e. The van der Waals surface area contributed by atoms with Gasteiger partial charge in [-0.1, -0.05) is 34.0 Å². The van der Waals surface area contributed by atoms with Crippen molar-refractivity contribution in [2.45, 2.75) is 13.0 Å². The highest BCUT2D eigenvalue weighted by Gasteiger charge is 2.21. The van der Waals surface area contributed by atoms with Gasteiger partial charge in [0.1, 0.15) is 22.9 Å². The van der Waals surface area contributed by atoms with Crippen molar-refractivity contribution in [3.05, 3.63) is 70.4 Å². The molecule has 0 unspecified atom stereocenters. The first-order chi connectivity index (χ1) is 14.2. The molecule has 0 saturated carbocycles. The number of rotatable bonds is 6. The summed E-state index contributed by atoms with van der Waals surface area (Å²) in [5.74, 6) is -0.116. The van der Waals surface area contributed by atoms with E-state index < -0.39 is 5.82 Å². The first kappa shape index (κ1) is 18.6. The SMILES string of the molecule is ON=C(Cc1ccc(F)c(Cl)c1)c1nonc1Cn1nnnc1-c1ccccn1. The first-order valence-corrected chi connectivity index (χ1v) is 8.67. The zero-order valence-corrected chi connectivity index (χ0v) is 15.4. The molecule has 3 heterocycles. The molecular formula is C17H12ClFN8O2. The molecule has 1 N–H and O–H groups in total. The van der Waals surface area contributed by atoms with E-state index >= 15 is 0 Å². The molecule has 12 heteroatoms. The normalized spacial score (nSPS) is 11.7. The Morgan fingerprint density at radius 2 is 2.14 bits per heavy atom. The van der Waals surface area contributed by atoms with Gasteiger partial charge in [0.15, 0.2) is 5.69 Å². The second-order valence-corrected chi connectivity index (χ2v) is 6.31. The van der Waals surface area contributed by atoms with Gasteiger partial charge < -0.3 is 5.21 Å². The number of nitrogens with zero attached hydrogens (tertiary/aromatic N) is 8. The number of aromatic nitrogens is 7. The molecule has 4 rings (SSSR count). The van der Waals surface area contributed by atoms with Gasteiger partial charge >= 0.3 is 0 Å². The van der Waals surface area contributed by atoms with Gasteiger partial charge in [-0.2, -0.15) is 0 Å². The molecule has 0 spiro atoms. The highest BCUT2D eigenvalue weighted by Crippen LogP contribution is 2.19. The zero-order chi connectivity index (χ0) is 20.2. The number of hydrogen-bond donors (Lipinski definition) is 1. The van der Waals surface area contributed by atoms with Crippen molar-refractivity contribution in [1.29, 1.82) is 0 Å². The Hall–Kier alpha value is -3.73. The second kappa shape index (κ2) is 8.10. The first-order valence-electron chi connectivity index (χ1n) is 8.30. The Labute approximate surface area is 167 Å². The van der Waals surface area contributed by atoms with Crippen LogP contribution in [-0.2, 0) is 13.0 Å². The summed E-state index contributed by atoms with van der Waals surface area (Å²) in [5.41, 5.74) is 1.92. The van der Waals surface area contributed by atoms with Crippen LogP contribution in [-0.4, -0.2) is 46.4 Å². The minimum absolute atomic E-state index is 0.0352. The number of tetrazole rings is 1. The number of benzene rings is 1. The van der Waals surface area contributed by atoms with Crippen LogP contribution in [0.1, 0.15) is 17.0 Å². The smallest absolute Gasteiger partial charge is 0.201 e. The van der Waals surface area contributed by atoms with E-state index in [-0.39, 0.29) is 29.4 Å². The largest absolute Gasteiger partial charge is 0.411 e. The number of oxime groups is 1. The fourth-order valence-electron chi connectivity index (χ4n) is 2.67. The van der Waals surface area contributed by atoms with Crippen molar-refractivity contribution < 1.29 is 14.2 Å². The van der Waals surface area contributed by atoms with E-state index in [1.165, 1.54) is 22.9 Å². The summed E-state index contributed by atoms with van der Waals surface area (Å²) in [6.45, 7) is 0.0981. The molecule has 0 amide bonds. The lowest BCUT2D eigenvalue weighted by Crippen LogP contribution is -2.13. The molecule has 0 fully saturated rings. The molecule has 29 heavy (non-hydrogen) atoms. The Bertz CT molecular complexity index is 1160. The van der Waals surface area contributed by atoms with E-state index in [0.29, 0.717) is 22.8 Å². The predicted octanol–water partition coefficient (Wildman–Crippen LogP) is 2.38. The van der Waals surface area contributed by atoms with Crippen molar-refractivity contribution >= 4 is 17.3 Å². The Balaban J connectivity index is 1.60. The molecule has 0 atom stereocenters. The Kier molecular flexibility index (Phi) is 5.20. The van der Waals surface area contributed by atoms with E-state index in [2.05, 4.69) is 36.0 Å². The van der Waals surface area contributed by atoms with Crippen molar-refractivity contribution in [3.63, 3.8) is 0 Å². The van der Waals surface area contributed by atoms with Gasteiger partial charge in [-0.05, 0) is 45.4 Å². The van der Waals surface area contributed by atoms with Crippen LogP contribution >= 0.6 is 11.6 Å². The van der Waals surface area contributed by atoms with E-state index in [0.717, 1.165) is 0 Å². The Morgan fingerprint density at radius 3 is 2.90 bits per heavy atom. The van der Waals surface area contributed by atoms with Crippen LogP contribution in [0.2, 0.25) is 5.02 Å². The van der Waals surface area contributed by atoms with Gasteiger partial charge in [-0.3, -0.25) is 4.98 Å². The van der Waals surface area contributed by atoms with Crippen molar-refractivity contribution in [2.24, 2.45) is 5.16 Å². The average Bonchev–Trinajstić information content (AvgIpc) is 3.39. The quantitative estimate of drug-likeness (QED) is 0.289. The molecule has 0 aliphatic heterocycles. The van der Waals surface area contributed by atoms with Crippen LogP contribution in [0.25, 0.3) is 11.5 Å². The standard InChI is InChI=1S/C17H12ClFN8O2/c18-11-7-10(4-5-12(11)19)8-14(22-28)16-15(23-29-24-16)9-27-17(21-25-26-27)13-3-1-2-6-20-13/h1-7,28H,8-9H2. The third kappa shape index (κ3) is 3.94. The fraction of sp³-hybridized carbons (Fsp3) is 0.118. The van der Waals surface area contributed by atoms with E-state index in [1.807, 2.05) is 6.07 Å². The lowest BCUT2D eigenvalue weighted by Gasteiger charge is -2.05. The van der Waals surface area contributed by atoms with Crippen molar-refractivity contribution in [3.8, 4) is 11.5 Å². The molecule has 0 aliphatic carbocycles. The summed E-state index contributed by atoms with van der Waals surface area (Å²) in [4.78, 5) is 4.23. The van der Waals surface area contributed by atoms with E-state index in [4.69, 9.17) is 16.2 Å². The minimum Gasteiger partial charge on any atom is -0.411 e. The molecular weight excluding hydrogens is 403 g/mol. The molecule has 1 aromatic carbocycles. The van der Waals surface area contributed by atoms with Crippen molar-refractivity contribution in [1.82, 2.24) is 35.5 Å². The van der Waals surface area contributed by atoms with Crippen LogP contribution < -0.4 is 0 Å². The van der Waals surface area contributed by atoms with Crippen LogP contribution in [0.15, 0.2) is 52.4 Å². The minimum atomic E-state index is -0.539. The topological polar surface area (TPSA) is 128 Å². The summed E-state index contributed by atoms with van der Waals surface area (Å²) in [5, 5.41) is 32.0. The third-order valence-electron chi connectivity index (χ3n) is 4.03. The maximum absolute atomic E-state index is 13.4. The van der Waals surface area contributed by atoms with Crippen molar-refractivity contribution in [2.75, 3.05) is 0 Å². The van der Waals surface area contributed by atoms with Crippen LogP contribution in [0, 0.1) is 5.82 Å². The maximum atomic E-state index is 13.4. The summed E-state index contributed by atoms with van der Waals surface area (Å²) in [6, 6.07) is 9.56. The van der Waals surface area contributed by atoms with E-state index in [1.54, 1.807) is 18.3 Å². The van der Waals surface area contributed by atoms with Crippen LogP contribution in [0.3, 0.4) is 0 Å². The number of halogens is 2. The van der Waals surface area contributed by atoms with Crippen LogP contribution in [0.5, 0.6) is 0 Å². The fourth-order valence-corrected chi connectivity index (χ4v) is 2.87. The second-order valence-electron chi connectivity index (χ2n) is 5.91. The van der Waals surface area contributed by atoms with Crippen LogP contribution in [0.4, 0.5) is 4.39 Å². The molecule has 0 radical (unpaired) electrons. The van der Waals surface area contributed by atoms with Gasteiger partial charge in [0, 0.05) is 12.6 Å². The molecule has 10 nitrogen and oxygen atoms in total. The molecule has 3 aromatic heterocycles. The van der Waals surface area contributed by atoms with Gasteiger partial charge in [0.05, 0.1) is 11.6 Å². The number of hydrogen-bond acceptors (Lipinski definition) is 9. The van der Waals surface area contributed by atoms with E-state index in [9.17, 15) is 9.60 Å². The lowest BCUT2D eigenvalue weighted by atomic mass is 10.1. The predicted molar refractivity (Wildman–Crippen MR) is 97.9 cm³/mol. The average molecular weight is 415 g/mol. The Morgan fingerprint density at radius 1 is 1.24 bits per heavy atom. The van der Waals surface area contributed by atoms with Gasteiger partial charge in [0.2, 0.25) is 5.82 Å². The van der Waals surface area contributed by atoms with Gasteiger partial charge in [-0.15, -0.1) is 5.10 Å². The molecule has 0 aliphatic rings. The zero-order valence-electron chi connectivity index (χ0n) is 14.6. The third-order valence-corrected chi connectivity index (χ3v) is 4.32. The van der Waals surface area contributed by atoms with Gasteiger partial charge in [0.25, 0.3) is 0 Å². The molecule has 4 aromatic rings. The lowest BCUT2D eigenvalue weighted by molar-refractivity contribution is 0.299. The summed E-state index contributed by atoms with van der Waals surface area (Å²) < 4.78 is 19.7. The number of pyridine rings is 1. The molecule has 146 valence electrons. The van der Waals surface area contributed by atoms with Gasteiger partial charge in [-0.25, -0.2) is 13.7 Å². The summed E-state index contributed by atoms with van der Waals surface area (Å²) in [7, 11) is 0.